The number of methoxy groups -OCH3 is 2. The van der Waals surface area contributed by atoms with Gasteiger partial charge in [0.15, 0.2) is 5.52 Å². The van der Waals surface area contributed by atoms with Gasteiger partial charge < -0.3 is 14.2 Å². The van der Waals surface area contributed by atoms with Crippen LogP contribution in [0.5, 0.6) is 5.75 Å². The van der Waals surface area contributed by atoms with E-state index in [1.54, 1.807) is 6.92 Å². The summed E-state index contributed by atoms with van der Waals surface area (Å²) in [4.78, 5) is 46.4. The van der Waals surface area contributed by atoms with Crippen LogP contribution in [0.2, 0.25) is 0 Å². The molecule has 152 valence electrons. The summed E-state index contributed by atoms with van der Waals surface area (Å²) in [5.41, 5.74) is 0.625. The number of rotatable bonds is 6. The van der Waals surface area contributed by atoms with Crippen molar-refractivity contribution in [1.29, 1.82) is 0 Å². The first kappa shape index (κ1) is 19.8. The highest BCUT2D eigenvalue weighted by atomic mass is 16.5. The fourth-order valence-corrected chi connectivity index (χ4v) is 2.57. The van der Waals surface area contributed by atoms with Gasteiger partial charge in [-0.2, -0.15) is 5.10 Å². The molecule has 1 amide bonds. The minimum atomic E-state index is -0.768. The summed E-state index contributed by atoms with van der Waals surface area (Å²) in [5, 5.41) is 6.45. The van der Waals surface area contributed by atoms with Crippen molar-refractivity contribution in [1.82, 2.24) is 24.7 Å². The molecule has 0 aliphatic rings. The molecular formula is C17H18N6O6. The summed E-state index contributed by atoms with van der Waals surface area (Å²) in [5.74, 6) is -0.239. The van der Waals surface area contributed by atoms with E-state index in [-0.39, 0.29) is 35.7 Å². The number of carbonyl (C=O) groups is 2. The summed E-state index contributed by atoms with van der Waals surface area (Å²) >= 11 is 0. The predicted molar refractivity (Wildman–Crippen MR) is 100 cm³/mol. The fourth-order valence-electron chi connectivity index (χ4n) is 2.57. The van der Waals surface area contributed by atoms with Gasteiger partial charge in [0.25, 0.3) is 5.56 Å². The predicted octanol–water partition coefficient (Wildman–Crippen LogP) is 0.926. The third kappa shape index (κ3) is 4.15. The lowest BCUT2D eigenvalue weighted by Gasteiger charge is -2.10. The molecule has 0 radical (unpaired) electrons. The Morgan fingerprint density at radius 1 is 1.28 bits per heavy atom. The Balaban J connectivity index is 1.93. The summed E-state index contributed by atoms with van der Waals surface area (Å²) in [6, 6.07) is 1.51. The van der Waals surface area contributed by atoms with Crippen LogP contribution in [0.25, 0.3) is 11.0 Å². The van der Waals surface area contributed by atoms with Gasteiger partial charge >= 0.3 is 12.1 Å². The van der Waals surface area contributed by atoms with Gasteiger partial charge in [0.05, 0.1) is 39.1 Å². The lowest BCUT2D eigenvalue weighted by atomic mass is 10.2. The monoisotopic (exact) mass is 402 g/mol. The van der Waals surface area contributed by atoms with Gasteiger partial charge in [0, 0.05) is 6.20 Å². The number of aromatic amines is 1. The molecule has 0 atom stereocenters. The molecule has 2 N–H and O–H groups in total. The van der Waals surface area contributed by atoms with Crippen LogP contribution in [0.4, 0.5) is 10.7 Å². The minimum Gasteiger partial charge on any atom is -0.495 e. The summed E-state index contributed by atoms with van der Waals surface area (Å²) in [7, 11) is 2.63. The second-order valence-electron chi connectivity index (χ2n) is 5.66. The zero-order valence-electron chi connectivity index (χ0n) is 15.9. The lowest BCUT2D eigenvalue weighted by Crippen LogP contribution is -2.20. The molecule has 0 saturated heterocycles. The Bertz CT molecular complexity index is 1120. The quantitative estimate of drug-likeness (QED) is 0.574. The number of ether oxygens (including phenoxy) is 3. The molecule has 0 unspecified atom stereocenters. The van der Waals surface area contributed by atoms with E-state index in [0.29, 0.717) is 11.4 Å². The number of nitrogens with one attached hydrogen (secondary N) is 2. The second-order valence-corrected chi connectivity index (χ2v) is 5.66. The first-order chi connectivity index (χ1) is 14.0. The average molecular weight is 402 g/mol. The molecule has 3 aromatic heterocycles. The summed E-state index contributed by atoms with van der Waals surface area (Å²) in [6.45, 7) is 2.03. The van der Waals surface area contributed by atoms with Gasteiger partial charge in [-0.3, -0.25) is 24.8 Å². The van der Waals surface area contributed by atoms with Gasteiger partial charge in [-0.25, -0.2) is 14.6 Å². The number of hydrogen-bond donors (Lipinski definition) is 2. The number of aromatic nitrogens is 5. The van der Waals surface area contributed by atoms with Gasteiger partial charge in [-0.1, -0.05) is 0 Å². The van der Waals surface area contributed by atoms with Gasteiger partial charge in [-0.15, -0.1) is 0 Å². The third-order valence-electron chi connectivity index (χ3n) is 3.87. The number of H-pyrrole nitrogens is 1. The number of carbonyl (C=O) groups excluding carboxylic acids is 2. The van der Waals surface area contributed by atoms with Crippen LogP contribution in [-0.4, -0.2) is 57.6 Å². The molecule has 0 bridgehead atoms. The molecule has 0 aliphatic heterocycles. The van der Waals surface area contributed by atoms with Crippen molar-refractivity contribution in [2.75, 3.05) is 26.1 Å². The van der Waals surface area contributed by atoms with Crippen LogP contribution in [0.3, 0.4) is 0 Å². The van der Waals surface area contributed by atoms with Crippen molar-refractivity contribution < 1.29 is 23.8 Å². The van der Waals surface area contributed by atoms with Crippen molar-refractivity contribution in [3.8, 4) is 5.75 Å². The number of hydrogen-bond acceptors (Lipinski definition) is 9. The summed E-state index contributed by atoms with van der Waals surface area (Å²) < 4.78 is 16.1. The average Bonchev–Trinajstić information content (AvgIpc) is 3.11. The standard InChI is InChI=1S/C17H18N6O6/c1-4-29-15(25)9-5-12(27-2)11(18-6-9)8-23-13-10(7-19-23)20-16(21-14(13)24)22-17(26)28-3/h5-7H,4,8H2,1-3H3,(H2,20,21,22,24,26). The molecule has 0 aromatic carbocycles. The second kappa shape index (κ2) is 8.37. The van der Waals surface area contributed by atoms with Crippen LogP contribution in [0.15, 0.2) is 23.3 Å². The topological polar surface area (TPSA) is 150 Å². The first-order valence-corrected chi connectivity index (χ1v) is 8.47. The highest BCUT2D eigenvalue weighted by molar-refractivity contribution is 5.89. The number of fused-ring (bicyclic) bond motifs is 1. The van der Waals surface area contributed by atoms with Crippen molar-refractivity contribution in [3.63, 3.8) is 0 Å². The van der Waals surface area contributed by atoms with E-state index in [2.05, 4.69) is 30.1 Å². The molecule has 3 rings (SSSR count). The van der Waals surface area contributed by atoms with E-state index in [0.717, 1.165) is 0 Å². The molecule has 0 fully saturated rings. The van der Waals surface area contributed by atoms with Crippen LogP contribution < -0.4 is 15.6 Å². The summed E-state index contributed by atoms with van der Waals surface area (Å²) in [6.07, 6.45) is 1.98. The van der Waals surface area contributed by atoms with E-state index in [4.69, 9.17) is 9.47 Å². The molecule has 12 heteroatoms. The number of anilines is 1. The first-order valence-electron chi connectivity index (χ1n) is 8.47. The number of pyridine rings is 1. The highest BCUT2D eigenvalue weighted by Gasteiger charge is 2.16. The van der Waals surface area contributed by atoms with E-state index in [1.165, 1.54) is 37.4 Å². The van der Waals surface area contributed by atoms with Crippen molar-refractivity contribution in [2.45, 2.75) is 13.5 Å². The molecule has 3 aromatic rings. The highest BCUT2D eigenvalue weighted by Crippen LogP contribution is 2.20. The van der Waals surface area contributed by atoms with Crippen LogP contribution in [-0.2, 0) is 16.0 Å². The van der Waals surface area contributed by atoms with Crippen molar-refractivity contribution in [3.05, 3.63) is 40.1 Å². The molecule has 29 heavy (non-hydrogen) atoms. The van der Waals surface area contributed by atoms with Gasteiger partial charge in [0.1, 0.15) is 17.0 Å². The molecule has 0 aliphatic carbocycles. The maximum Gasteiger partial charge on any atom is 0.413 e. The number of amides is 1. The van der Waals surface area contributed by atoms with E-state index in [9.17, 15) is 14.4 Å². The Kier molecular flexibility index (Phi) is 5.71. The normalized spacial score (nSPS) is 10.6. The molecule has 0 spiro atoms. The zero-order valence-corrected chi connectivity index (χ0v) is 15.9. The molecular weight excluding hydrogens is 384 g/mol. The van der Waals surface area contributed by atoms with E-state index < -0.39 is 17.6 Å². The Morgan fingerprint density at radius 2 is 2.07 bits per heavy atom. The Hall–Kier alpha value is -3.96. The van der Waals surface area contributed by atoms with Crippen molar-refractivity contribution >= 4 is 29.0 Å². The lowest BCUT2D eigenvalue weighted by molar-refractivity contribution is 0.0525. The molecule has 3 heterocycles. The number of esters is 1. The zero-order chi connectivity index (χ0) is 21.0. The smallest absolute Gasteiger partial charge is 0.413 e. The van der Waals surface area contributed by atoms with E-state index in [1.807, 2.05) is 0 Å². The third-order valence-corrected chi connectivity index (χ3v) is 3.87. The Labute approximate surface area is 163 Å². The maximum absolute atomic E-state index is 12.4. The molecule has 0 saturated carbocycles. The van der Waals surface area contributed by atoms with E-state index >= 15 is 0 Å². The largest absolute Gasteiger partial charge is 0.495 e. The Morgan fingerprint density at radius 3 is 2.76 bits per heavy atom. The minimum absolute atomic E-state index is 0.0663. The number of nitrogens with zero attached hydrogens (tertiary/aromatic N) is 4. The van der Waals surface area contributed by atoms with Crippen LogP contribution in [0.1, 0.15) is 23.0 Å². The molecule has 12 nitrogen and oxygen atoms in total. The SMILES string of the molecule is CCOC(=O)c1cnc(Cn2ncc3nc(NC(=O)OC)[nH]c(=O)c32)c(OC)c1. The van der Waals surface area contributed by atoms with Gasteiger partial charge in [-0.05, 0) is 13.0 Å². The maximum atomic E-state index is 12.4. The fraction of sp³-hybridized carbons (Fsp3) is 0.294. The van der Waals surface area contributed by atoms with Crippen molar-refractivity contribution in [2.24, 2.45) is 0 Å². The van der Waals surface area contributed by atoms with Crippen LogP contribution >= 0.6 is 0 Å². The van der Waals surface area contributed by atoms with Crippen LogP contribution in [0, 0.1) is 0 Å². The van der Waals surface area contributed by atoms with Gasteiger partial charge in [0.2, 0.25) is 5.95 Å².